The number of nitrogens with one attached hydrogen (secondary N) is 1. The Morgan fingerprint density at radius 3 is 2.20 bits per heavy atom. The van der Waals surface area contributed by atoms with Crippen molar-refractivity contribution in [2.45, 2.75) is 45.4 Å². The van der Waals surface area contributed by atoms with Gasteiger partial charge in [0.25, 0.3) is 0 Å². The van der Waals surface area contributed by atoms with Crippen LogP contribution in [-0.4, -0.2) is 5.71 Å². The molecule has 0 radical (unpaired) electrons. The molecular formula is C9H17N. The van der Waals surface area contributed by atoms with Gasteiger partial charge in [0.1, 0.15) is 0 Å². The van der Waals surface area contributed by atoms with Crippen LogP contribution in [0.5, 0.6) is 0 Å². The molecule has 0 aliphatic heterocycles. The van der Waals surface area contributed by atoms with Gasteiger partial charge in [0.2, 0.25) is 0 Å². The van der Waals surface area contributed by atoms with Gasteiger partial charge in [-0.15, -0.1) is 0 Å². The molecular weight excluding hydrogens is 122 g/mol. The van der Waals surface area contributed by atoms with Crippen LogP contribution in [0.4, 0.5) is 0 Å². The lowest BCUT2D eigenvalue weighted by Crippen LogP contribution is -2.05. The Morgan fingerprint density at radius 2 is 1.70 bits per heavy atom. The molecule has 0 unspecified atom stereocenters. The smallest absolute Gasteiger partial charge is 0.00891 e. The third-order valence-corrected chi connectivity index (χ3v) is 2.35. The van der Waals surface area contributed by atoms with Crippen molar-refractivity contribution >= 4 is 5.71 Å². The third-order valence-electron chi connectivity index (χ3n) is 2.35. The average molecular weight is 139 g/mol. The minimum atomic E-state index is 0.910. The standard InChI is InChI=1S/C9H17N/c1-8-4-2-6-9(10)7-3-5-8/h8,10H,2-7H2,1H3. The second-order valence-corrected chi connectivity index (χ2v) is 3.49. The predicted molar refractivity (Wildman–Crippen MR) is 44.6 cm³/mol. The van der Waals surface area contributed by atoms with Gasteiger partial charge in [0, 0.05) is 5.71 Å². The van der Waals surface area contributed by atoms with Gasteiger partial charge < -0.3 is 5.41 Å². The maximum atomic E-state index is 7.49. The summed E-state index contributed by atoms with van der Waals surface area (Å²) >= 11 is 0. The molecule has 1 heteroatoms. The van der Waals surface area contributed by atoms with E-state index in [0.717, 1.165) is 24.5 Å². The van der Waals surface area contributed by atoms with Crippen molar-refractivity contribution in [3.63, 3.8) is 0 Å². The van der Waals surface area contributed by atoms with Gasteiger partial charge in [0.05, 0.1) is 0 Å². The maximum absolute atomic E-state index is 7.49. The molecule has 1 aliphatic carbocycles. The van der Waals surface area contributed by atoms with Crippen molar-refractivity contribution in [3.8, 4) is 0 Å². The average Bonchev–Trinajstić information content (AvgIpc) is 1.84. The lowest BCUT2D eigenvalue weighted by Gasteiger charge is -2.14. The van der Waals surface area contributed by atoms with Crippen LogP contribution >= 0.6 is 0 Å². The summed E-state index contributed by atoms with van der Waals surface area (Å²) in [6.45, 7) is 2.33. The first-order valence-electron chi connectivity index (χ1n) is 4.35. The summed E-state index contributed by atoms with van der Waals surface area (Å²) < 4.78 is 0. The lowest BCUT2D eigenvalue weighted by molar-refractivity contribution is 0.455. The van der Waals surface area contributed by atoms with Crippen molar-refractivity contribution < 1.29 is 0 Å². The highest BCUT2D eigenvalue weighted by Crippen LogP contribution is 2.19. The molecule has 0 amide bonds. The van der Waals surface area contributed by atoms with Crippen molar-refractivity contribution in [2.24, 2.45) is 5.92 Å². The summed E-state index contributed by atoms with van der Waals surface area (Å²) in [7, 11) is 0. The summed E-state index contributed by atoms with van der Waals surface area (Å²) in [5.41, 5.74) is 0.979. The molecule has 0 aromatic rings. The zero-order chi connectivity index (χ0) is 7.40. The summed E-state index contributed by atoms with van der Waals surface area (Å²) in [6, 6.07) is 0. The molecule has 0 spiro atoms. The fourth-order valence-electron chi connectivity index (χ4n) is 1.60. The van der Waals surface area contributed by atoms with E-state index in [9.17, 15) is 0 Å². The largest absolute Gasteiger partial charge is 0.310 e. The Kier molecular flexibility index (Phi) is 2.91. The first kappa shape index (κ1) is 7.77. The zero-order valence-electron chi connectivity index (χ0n) is 6.82. The molecule has 0 aromatic heterocycles. The van der Waals surface area contributed by atoms with Gasteiger partial charge in [-0.2, -0.15) is 0 Å². The maximum Gasteiger partial charge on any atom is 0.00891 e. The van der Waals surface area contributed by atoms with E-state index in [4.69, 9.17) is 5.41 Å². The third kappa shape index (κ3) is 2.51. The molecule has 10 heavy (non-hydrogen) atoms. The Bertz CT molecular complexity index is 106. The van der Waals surface area contributed by atoms with Crippen molar-refractivity contribution in [3.05, 3.63) is 0 Å². The lowest BCUT2D eigenvalue weighted by atomic mass is 9.92. The minimum Gasteiger partial charge on any atom is -0.310 e. The van der Waals surface area contributed by atoms with E-state index in [0.29, 0.717) is 0 Å². The van der Waals surface area contributed by atoms with E-state index >= 15 is 0 Å². The molecule has 1 aliphatic rings. The van der Waals surface area contributed by atoms with Crippen LogP contribution in [0.3, 0.4) is 0 Å². The van der Waals surface area contributed by atoms with Crippen LogP contribution in [-0.2, 0) is 0 Å². The van der Waals surface area contributed by atoms with E-state index < -0.39 is 0 Å². The highest BCUT2D eigenvalue weighted by atomic mass is 14.4. The monoisotopic (exact) mass is 139 g/mol. The topological polar surface area (TPSA) is 23.9 Å². The molecule has 0 atom stereocenters. The second kappa shape index (κ2) is 3.75. The van der Waals surface area contributed by atoms with Crippen molar-refractivity contribution in [2.75, 3.05) is 0 Å². The zero-order valence-corrected chi connectivity index (χ0v) is 6.82. The van der Waals surface area contributed by atoms with Crippen LogP contribution in [0.1, 0.15) is 45.4 Å². The fraction of sp³-hybridized carbons (Fsp3) is 0.889. The van der Waals surface area contributed by atoms with E-state index in [1.165, 1.54) is 25.7 Å². The number of rotatable bonds is 0. The molecule has 0 bridgehead atoms. The van der Waals surface area contributed by atoms with Gasteiger partial charge in [-0.3, -0.25) is 0 Å². The molecule has 58 valence electrons. The van der Waals surface area contributed by atoms with E-state index in [-0.39, 0.29) is 0 Å². The highest BCUT2D eigenvalue weighted by Gasteiger charge is 2.07. The van der Waals surface area contributed by atoms with Gasteiger partial charge in [-0.1, -0.05) is 19.8 Å². The first-order chi connectivity index (χ1) is 4.79. The molecule has 1 rings (SSSR count). The van der Waals surface area contributed by atoms with Gasteiger partial charge >= 0.3 is 0 Å². The van der Waals surface area contributed by atoms with E-state index in [2.05, 4.69) is 6.92 Å². The normalized spacial score (nSPS) is 29.3. The Labute approximate surface area is 63.3 Å². The quantitative estimate of drug-likeness (QED) is 0.533. The SMILES string of the molecule is CC1CCCC(=N)CCC1. The van der Waals surface area contributed by atoms with Gasteiger partial charge in [-0.25, -0.2) is 0 Å². The fourth-order valence-corrected chi connectivity index (χ4v) is 1.60. The van der Waals surface area contributed by atoms with Crippen LogP contribution in [0, 0.1) is 11.3 Å². The van der Waals surface area contributed by atoms with Gasteiger partial charge in [0.15, 0.2) is 0 Å². The summed E-state index contributed by atoms with van der Waals surface area (Å²) in [5, 5.41) is 7.49. The molecule has 1 saturated carbocycles. The van der Waals surface area contributed by atoms with E-state index in [1.54, 1.807) is 0 Å². The number of hydrogen-bond donors (Lipinski definition) is 1. The number of hydrogen-bond acceptors (Lipinski definition) is 1. The Morgan fingerprint density at radius 1 is 1.20 bits per heavy atom. The van der Waals surface area contributed by atoms with Crippen LogP contribution in [0.2, 0.25) is 0 Å². The summed E-state index contributed by atoms with van der Waals surface area (Å²) in [4.78, 5) is 0. The highest BCUT2D eigenvalue weighted by molar-refractivity contribution is 5.81. The molecule has 1 nitrogen and oxygen atoms in total. The van der Waals surface area contributed by atoms with Crippen molar-refractivity contribution in [1.82, 2.24) is 0 Å². The molecule has 1 fully saturated rings. The molecule has 0 aromatic carbocycles. The Hall–Kier alpha value is -0.330. The van der Waals surface area contributed by atoms with Crippen LogP contribution in [0.15, 0.2) is 0 Å². The molecule has 0 heterocycles. The van der Waals surface area contributed by atoms with Gasteiger partial charge in [-0.05, 0) is 31.6 Å². The van der Waals surface area contributed by atoms with Crippen LogP contribution < -0.4 is 0 Å². The summed E-state index contributed by atoms with van der Waals surface area (Å²) in [5.74, 6) is 0.910. The minimum absolute atomic E-state index is 0.910. The molecule has 1 N–H and O–H groups in total. The summed E-state index contributed by atoms with van der Waals surface area (Å²) in [6.07, 6.45) is 7.29. The Balaban J connectivity index is 2.27. The van der Waals surface area contributed by atoms with Crippen LogP contribution in [0.25, 0.3) is 0 Å². The molecule has 0 saturated heterocycles. The van der Waals surface area contributed by atoms with Crippen molar-refractivity contribution in [1.29, 1.82) is 5.41 Å². The first-order valence-corrected chi connectivity index (χ1v) is 4.35. The van der Waals surface area contributed by atoms with E-state index in [1.807, 2.05) is 0 Å². The predicted octanol–water partition coefficient (Wildman–Crippen LogP) is 3.00. The second-order valence-electron chi connectivity index (χ2n) is 3.49.